The number of rotatable bonds is 3. The van der Waals surface area contributed by atoms with E-state index in [1.165, 1.54) is 0 Å². The van der Waals surface area contributed by atoms with Gasteiger partial charge in [0, 0.05) is 24.1 Å². The number of nitrogens with one attached hydrogen (secondary N) is 1. The zero-order valence-corrected chi connectivity index (χ0v) is 13.6. The Balaban J connectivity index is 2.94. The molecule has 8 heteroatoms. The van der Waals surface area contributed by atoms with E-state index in [4.69, 9.17) is 22.7 Å². The fraction of sp³-hybridized carbons (Fsp3) is 0.182. The van der Waals surface area contributed by atoms with Gasteiger partial charge in [0.05, 0.1) is 6.21 Å². The maximum Gasteiger partial charge on any atom is 0.264 e. The maximum absolute atomic E-state index is 5.59. The maximum atomic E-state index is 5.59. The number of nitrogens with two attached hydrogens (primary N) is 1. The first-order chi connectivity index (χ1) is 8.90. The Morgan fingerprint density at radius 1 is 1.47 bits per heavy atom. The first-order valence-electron chi connectivity index (χ1n) is 5.17. The number of hydrazone groups is 1. The van der Waals surface area contributed by atoms with E-state index >= 15 is 0 Å². The molecule has 0 aliphatic rings. The van der Waals surface area contributed by atoms with Crippen LogP contribution in [-0.4, -0.2) is 35.5 Å². The lowest BCUT2D eigenvalue weighted by molar-refractivity contribution is 0.449. The minimum atomic E-state index is 0.0969. The van der Waals surface area contributed by atoms with Crippen molar-refractivity contribution in [2.24, 2.45) is 10.8 Å². The summed E-state index contributed by atoms with van der Waals surface area (Å²) in [5, 5.41) is 4.34. The van der Waals surface area contributed by atoms with Gasteiger partial charge < -0.3 is 15.4 Å². The second-order valence-electron chi connectivity index (χ2n) is 3.68. The highest BCUT2D eigenvalue weighted by molar-refractivity contribution is 9.10. The highest BCUT2D eigenvalue weighted by Crippen LogP contribution is 2.23. The van der Waals surface area contributed by atoms with Crippen molar-refractivity contribution >= 4 is 56.9 Å². The molecule has 0 heterocycles. The van der Waals surface area contributed by atoms with Crippen molar-refractivity contribution in [3.63, 3.8) is 0 Å². The largest absolute Gasteiger partial charge is 0.431 e. The van der Waals surface area contributed by atoms with Crippen LogP contribution >= 0.6 is 40.4 Å². The van der Waals surface area contributed by atoms with Crippen LogP contribution in [0.3, 0.4) is 0 Å². The van der Waals surface area contributed by atoms with E-state index in [-0.39, 0.29) is 5.11 Å². The number of thiocarbonyl (C=S) groups is 2. The van der Waals surface area contributed by atoms with Crippen LogP contribution in [0.1, 0.15) is 5.56 Å². The minimum Gasteiger partial charge on any atom is -0.431 e. The van der Waals surface area contributed by atoms with Gasteiger partial charge in [0.1, 0.15) is 5.75 Å². The minimum absolute atomic E-state index is 0.0969. The van der Waals surface area contributed by atoms with Crippen molar-refractivity contribution in [2.75, 3.05) is 14.1 Å². The second-order valence-corrected chi connectivity index (χ2v) is 5.38. The van der Waals surface area contributed by atoms with Crippen molar-refractivity contribution in [3.05, 3.63) is 28.2 Å². The number of ether oxygens (including phenoxy) is 1. The van der Waals surface area contributed by atoms with Gasteiger partial charge >= 0.3 is 0 Å². The first-order valence-corrected chi connectivity index (χ1v) is 6.78. The van der Waals surface area contributed by atoms with Gasteiger partial charge in [-0.3, -0.25) is 5.43 Å². The molecule has 0 atom stereocenters. The van der Waals surface area contributed by atoms with Gasteiger partial charge in [0.25, 0.3) is 5.17 Å². The molecule has 19 heavy (non-hydrogen) atoms. The SMILES string of the molecule is CN(C)C(=S)Oc1cc(Br)ccc1C=NNC(N)=S. The number of benzene rings is 1. The Labute approximate surface area is 130 Å². The van der Waals surface area contributed by atoms with Crippen LogP contribution in [0.4, 0.5) is 0 Å². The molecule has 0 spiro atoms. The molecule has 1 rings (SSSR count). The van der Waals surface area contributed by atoms with Crippen LogP contribution in [0, 0.1) is 0 Å². The zero-order chi connectivity index (χ0) is 14.4. The van der Waals surface area contributed by atoms with E-state index in [0.717, 1.165) is 10.0 Å². The van der Waals surface area contributed by atoms with Gasteiger partial charge in [0.15, 0.2) is 5.11 Å². The molecule has 0 aliphatic heterocycles. The fourth-order valence-corrected chi connectivity index (χ4v) is 1.54. The molecule has 0 aromatic heterocycles. The lowest BCUT2D eigenvalue weighted by Crippen LogP contribution is -2.25. The lowest BCUT2D eigenvalue weighted by atomic mass is 10.2. The summed E-state index contributed by atoms with van der Waals surface area (Å²) < 4.78 is 6.47. The molecular weight excluding hydrogens is 348 g/mol. The summed E-state index contributed by atoms with van der Waals surface area (Å²) in [6, 6.07) is 5.51. The van der Waals surface area contributed by atoms with E-state index in [2.05, 4.69) is 38.7 Å². The smallest absolute Gasteiger partial charge is 0.264 e. The van der Waals surface area contributed by atoms with Gasteiger partial charge in [0.2, 0.25) is 0 Å². The van der Waals surface area contributed by atoms with Crippen LogP contribution < -0.4 is 15.9 Å². The summed E-state index contributed by atoms with van der Waals surface area (Å²) in [4.78, 5) is 1.70. The summed E-state index contributed by atoms with van der Waals surface area (Å²) in [5.74, 6) is 0.585. The van der Waals surface area contributed by atoms with Crippen molar-refractivity contribution < 1.29 is 4.74 Å². The van der Waals surface area contributed by atoms with Crippen molar-refractivity contribution in [2.45, 2.75) is 0 Å². The van der Waals surface area contributed by atoms with Gasteiger partial charge in [-0.15, -0.1) is 0 Å². The predicted octanol–water partition coefficient (Wildman–Crippen LogP) is 1.84. The van der Waals surface area contributed by atoms with E-state index in [9.17, 15) is 0 Å². The van der Waals surface area contributed by atoms with Crippen molar-refractivity contribution in [3.8, 4) is 5.75 Å². The highest BCUT2D eigenvalue weighted by Gasteiger charge is 2.07. The molecule has 0 aliphatic carbocycles. The molecule has 0 unspecified atom stereocenters. The lowest BCUT2D eigenvalue weighted by Gasteiger charge is -2.15. The Morgan fingerprint density at radius 2 is 2.16 bits per heavy atom. The summed E-state index contributed by atoms with van der Waals surface area (Å²) in [5.41, 5.74) is 8.51. The van der Waals surface area contributed by atoms with Crippen LogP contribution in [0.2, 0.25) is 0 Å². The quantitative estimate of drug-likeness (QED) is 0.487. The molecule has 0 radical (unpaired) electrons. The molecule has 0 bridgehead atoms. The number of hydrogen-bond acceptors (Lipinski definition) is 4. The van der Waals surface area contributed by atoms with E-state index < -0.39 is 0 Å². The number of nitrogens with zero attached hydrogens (tertiary/aromatic N) is 2. The molecule has 3 N–H and O–H groups in total. The fourth-order valence-electron chi connectivity index (χ4n) is 1.05. The molecule has 0 amide bonds. The highest BCUT2D eigenvalue weighted by atomic mass is 79.9. The van der Waals surface area contributed by atoms with Crippen LogP contribution in [-0.2, 0) is 0 Å². The summed E-state index contributed by atoms with van der Waals surface area (Å²) in [7, 11) is 3.62. The summed E-state index contributed by atoms with van der Waals surface area (Å²) in [6.45, 7) is 0. The normalized spacial score (nSPS) is 10.3. The number of hydrogen-bond donors (Lipinski definition) is 2. The van der Waals surface area contributed by atoms with E-state index in [1.54, 1.807) is 17.2 Å². The Morgan fingerprint density at radius 3 is 2.74 bits per heavy atom. The third-order valence-electron chi connectivity index (χ3n) is 1.92. The topological polar surface area (TPSA) is 62.9 Å². The van der Waals surface area contributed by atoms with Gasteiger partial charge in [-0.2, -0.15) is 5.10 Å². The third-order valence-corrected chi connectivity index (χ3v) is 2.95. The Hall–Kier alpha value is -1.25. The van der Waals surface area contributed by atoms with E-state index in [0.29, 0.717) is 10.9 Å². The summed E-state index contributed by atoms with van der Waals surface area (Å²) >= 11 is 13.1. The van der Waals surface area contributed by atoms with Gasteiger partial charge in [-0.1, -0.05) is 15.9 Å². The standard InChI is InChI=1S/C11H13BrN4OS2/c1-16(2)11(19)17-9-5-8(12)4-3-7(9)6-14-15-10(13)18/h3-6H,1-2H3,(H3,13,15,18). The molecule has 1 aromatic carbocycles. The molecule has 1 aromatic rings. The summed E-state index contributed by atoms with van der Waals surface area (Å²) in [6.07, 6.45) is 1.55. The van der Waals surface area contributed by atoms with Crippen molar-refractivity contribution in [1.82, 2.24) is 10.3 Å². The third kappa shape index (κ3) is 5.50. The van der Waals surface area contributed by atoms with Crippen molar-refractivity contribution in [1.29, 1.82) is 0 Å². The molecular formula is C11H13BrN4OS2. The van der Waals surface area contributed by atoms with Crippen LogP contribution in [0.25, 0.3) is 0 Å². The zero-order valence-electron chi connectivity index (χ0n) is 10.4. The van der Waals surface area contributed by atoms with Gasteiger partial charge in [-0.25, -0.2) is 0 Å². The molecule has 0 saturated heterocycles. The van der Waals surface area contributed by atoms with Gasteiger partial charge in [-0.05, 0) is 42.6 Å². The first kappa shape index (κ1) is 15.8. The number of halogens is 1. The monoisotopic (exact) mass is 360 g/mol. The van der Waals surface area contributed by atoms with Crippen LogP contribution in [0.5, 0.6) is 5.75 Å². The molecule has 5 nitrogen and oxygen atoms in total. The molecule has 0 saturated carbocycles. The molecule has 0 fully saturated rings. The van der Waals surface area contributed by atoms with E-state index in [1.807, 2.05) is 26.2 Å². The second kappa shape index (κ2) is 7.37. The average molecular weight is 361 g/mol. The Bertz CT molecular complexity index is 519. The predicted molar refractivity (Wildman–Crippen MR) is 88.6 cm³/mol. The Kier molecular flexibility index (Phi) is 6.13. The average Bonchev–Trinajstić information content (AvgIpc) is 2.31. The molecule has 102 valence electrons. The van der Waals surface area contributed by atoms with Crippen LogP contribution in [0.15, 0.2) is 27.8 Å².